The van der Waals surface area contributed by atoms with Crippen molar-refractivity contribution in [3.8, 4) is 5.75 Å². The molecule has 0 aromatic heterocycles. The molecule has 0 aliphatic heterocycles. The smallest absolute Gasteiger partial charge is 0.397 e. The molecule has 6 heteroatoms. The van der Waals surface area contributed by atoms with E-state index >= 15 is 0 Å². The fourth-order valence-electron chi connectivity index (χ4n) is 2.33. The number of ether oxygens (including phenoxy) is 2. The van der Waals surface area contributed by atoms with Gasteiger partial charge < -0.3 is 9.47 Å². The monoisotopic (exact) mass is 306 g/mol. The van der Waals surface area contributed by atoms with Crippen molar-refractivity contribution in [1.82, 2.24) is 0 Å². The van der Waals surface area contributed by atoms with E-state index in [2.05, 4.69) is 0 Å². The SMILES string of the molecule is COCOc1ccc2c(c1)CCCC2SCC(F)(F)F. The van der Waals surface area contributed by atoms with Gasteiger partial charge in [0.05, 0.1) is 5.75 Å². The van der Waals surface area contributed by atoms with Crippen molar-refractivity contribution in [1.29, 1.82) is 0 Å². The zero-order valence-corrected chi connectivity index (χ0v) is 12.0. The van der Waals surface area contributed by atoms with Crippen molar-refractivity contribution in [3.63, 3.8) is 0 Å². The van der Waals surface area contributed by atoms with Crippen molar-refractivity contribution in [2.24, 2.45) is 0 Å². The van der Waals surface area contributed by atoms with Crippen molar-refractivity contribution in [2.45, 2.75) is 30.7 Å². The van der Waals surface area contributed by atoms with Crippen LogP contribution in [0.2, 0.25) is 0 Å². The second-order valence-electron chi connectivity index (χ2n) is 4.72. The molecule has 0 spiro atoms. The van der Waals surface area contributed by atoms with E-state index in [1.165, 1.54) is 0 Å². The molecule has 1 aromatic carbocycles. The second kappa shape index (κ2) is 6.72. The van der Waals surface area contributed by atoms with Crippen molar-refractivity contribution >= 4 is 11.8 Å². The van der Waals surface area contributed by atoms with E-state index in [4.69, 9.17) is 9.47 Å². The van der Waals surface area contributed by atoms with Crippen molar-refractivity contribution in [3.05, 3.63) is 29.3 Å². The van der Waals surface area contributed by atoms with Gasteiger partial charge in [0, 0.05) is 12.4 Å². The van der Waals surface area contributed by atoms with Gasteiger partial charge in [-0.05, 0) is 42.5 Å². The summed E-state index contributed by atoms with van der Waals surface area (Å²) in [5.41, 5.74) is 2.10. The van der Waals surface area contributed by atoms with Gasteiger partial charge in [0.1, 0.15) is 5.75 Å². The van der Waals surface area contributed by atoms with Crippen LogP contribution in [-0.4, -0.2) is 25.8 Å². The number of rotatable bonds is 5. The Balaban J connectivity index is 2.07. The van der Waals surface area contributed by atoms with Crippen LogP contribution in [0, 0.1) is 0 Å². The Hall–Kier alpha value is -0.880. The quantitative estimate of drug-likeness (QED) is 0.754. The summed E-state index contributed by atoms with van der Waals surface area (Å²) in [4.78, 5) is 0. The maximum atomic E-state index is 12.3. The van der Waals surface area contributed by atoms with Gasteiger partial charge in [-0.2, -0.15) is 13.2 Å². The lowest BCUT2D eigenvalue weighted by molar-refractivity contribution is -0.105. The van der Waals surface area contributed by atoms with E-state index in [1.54, 1.807) is 13.2 Å². The molecular formula is C14H17F3O2S. The molecule has 1 atom stereocenters. The Morgan fingerprint density at radius 3 is 2.85 bits per heavy atom. The molecule has 0 bridgehead atoms. The van der Waals surface area contributed by atoms with E-state index < -0.39 is 11.9 Å². The zero-order chi connectivity index (χ0) is 14.6. The van der Waals surface area contributed by atoms with Gasteiger partial charge >= 0.3 is 6.18 Å². The Labute approximate surface area is 120 Å². The van der Waals surface area contributed by atoms with E-state index in [0.717, 1.165) is 42.2 Å². The second-order valence-corrected chi connectivity index (χ2v) is 5.91. The van der Waals surface area contributed by atoms with Gasteiger partial charge in [-0.25, -0.2) is 0 Å². The van der Waals surface area contributed by atoms with Crippen LogP contribution in [0.15, 0.2) is 18.2 Å². The number of thioether (sulfide) groups is 1. The Morgan fingerprint density at radius 1 is 1.35 bits per heavy atom. The average molecular weight is 306 g/mol. The third-order valence-corrected chi connectivity index (χ3v) is 4.55. The Morgan fingerprint density at radius 2 is 2.15 bits per heavy atom. The number of halogens is 3. The molecular weight excluding hydrogens is 289 g/mol. The van der Waals surface area contributed by atoms with Crippen molar-refractivity contribution < 1.29 is 22.6 Å². The van der Waals surface area contributed by atoms with Crippen LogP contribution in [-0.2, 0) is 11.2 Å². The van der Waals surface area contributed by atoms with Gasteiger partial charge in [0.25, 0.3) is 0 Å². The summed E-state index contributed by atoms with van der Waals surface area (Å²) in [5, 5.41) is -0.0724. The van der Waals surface area contributed by atoms with Crippen LogP contribution in [0.25, 0.3) is 0 Å². The molecule has 0 saturated heterocycles. The lowest BCUT2D eigenvalue weighted by atomic mass is 9.91. The number of benzene rings is 1. The minimum Gasteiger partial charge on any atom is -0.468 e. The first kappa shape index (κ1) is 15.5. The standard InChI is InChI=1S/C14H17F3O2S/c1-18-9-19-11-5-6-12-10(7-11)3-2-4-13(12)20-8-14(15,16)17/h5-7,13H,2-4,8-9H2,1H3. The van der Waals surface area contributed by atoms with Gasteiger partial charge in [0.15, 0.2) is 6.79 Å². The number of hydrogen-bond acceptors (Lipinski definition) is 3. The largest absolute Gasteiger partial charge is 0.468 e. The highest BCUT2D eigenvalue weighted by Gasteiger charge is 2.30. The molecule has 0 N–H and O–H groups in total. The maximum Gasteiger partial charge on any atom is 0.397 e. The van der Waals surface area contributed by atoms with Crippen LogP contribution in [0.4, 0.5) is 13.2 Å². The number of hydrogen-bond donors (Lipinski definition) is 0. The van der Waals surface area contributed by atoms with Gasteiger partial charge in [-0.1, -0.05) is 6.07 Å². The van der Waals surface area contributed by atoms with Crippen LogP contribution >= 0.6 is 11.8 Å². The summed E-state index contributed by atoms with van der Waals surface area (Å²) < 4.78 is 47.2. The Kier molecular flexibility index (Phi) is 5.21. The summed E-state index contributed by atoms with van der Waals surface area (Å²) in [6, 6.07) is 5.59. The summed E-state index contributed by atoms with van der Waals surface area (Å²) >= 11 is 0.980. The first-order chi connectivity index (χ1) is 9.49. The molecule has 0 saturated carbocycles. The summed E-state index contributed by atoms with van der Waals surface area (Å²) in [7, 11) is 1.54. The van der Waals surface area contributed by atoms with Crippen LogP contribution < -0.4 is 4.74 Å². The first-order valence-electron chi connectivity index (χ1n) is 6.42. The predicted octanol–water partition coefficient (Wildman–Crippen LogP) is 4.34. The fourth-order valence-corrected chi connectivity index (χ4v) is 3.46. The lowest BCUT2D eigenvalue weighted by Gasteiger charge is -2.26. The summed E-state index contributed by atoms with van der Waals surface area (Å²) in [6.07, 6.45) is -1.51. The minimum absolute atomic E-state index is 0.0724. The van der Waals surface area contributed by atoms with Crippen LogP contribution in [0.5, 0.6) is 5.75 Å². The minimum atomic E-state index is -4.11. The molecule has 1 aliphatic rings. The summed E-state index contributed by atoms with van der Waals surface area (Å²) in [5.74, 6) is -0.0916. The first-order valence-corrected chi connectivity index (χ1v) is 7.47. The van der Waals surface area contributed by atoms with E-state index in [1.807, 2.05) is 12.1 Å². The molecule has 112 valence electrons. The number of aryl methyl sites for hydroxylation is 1. The van der Waals surface area contributed by atoms with Gasteiger partial charge in [0.2, 0.25) is 0 Å². The highest BCUT2D eigenvalue weighted by Crippen LogP contribution is 2.42. The normalized spacial score (nSPS) is 18.7. The molecule has 0 fully saturated rings. The van der Waals surface area contributed by atoms with Crippen LogP contribution in [0.1, 0.15) is 29.2 Å². The molecule has 0 heterocycles. The molecule has 2 rings (SSSR count). The van der Waals surface area contributed by atoms with E-state index in [9.17, 15) is 13.2 Å². The van der Waals surface area contributed by atoms with E-state index in [-0.39, 0.29) is 12.0 Å². The molecule has 1 aliphatic carbocycles. The number of fused-ring (bicyclic) bond motifs is 1. The zero-order valence-electron chi connectivity index (χ0n) is 11.2. The molecule has 2 nitrogen and oxygen atoms in total. The molecule has 1 unspecified atom stereocenters. The Bertz CT molecular complexity index is 449. The van der Waals surface area contributed by atoms with Crippen molar-refractivity contribution in [2.75, 3.05) is 19.7 Å². The number of methoxy groups -OCH3 is 1. The molecule has 1 aromatic rings. The predicted molar refractivity (Wildman–Crippen MR) is 73.1 cm³/mol. The lowest BCUT2D eigenvalue weighted by Crippen LogP contribution is -2.15. The third-order valence-electron chi connectivity index (χ3n) is 3.17. The fraction of sp³-hybridized carbons (Fsp3) is 0.571. The van der Waals surface area contributed by atoms with Gasteiger partial charge in [-0.15, -0.1) is 11.8 Å². The molecule has 20 heavy (non-hydrogen) atoms. The highest BCUT2D eigenvalue weighted by molar-refractivity contribution is 7.99. The average Bonchev–Trinajstić information content (AvgIpc) is 2.41. The maximum absolute atomic E-state index is 12.3. The highest BCUT2D eigenvalue weighted by atomic mass is 32.2. The van der Waals surface area contributed by atoms with Crippen LogP contribution in [0.3, 0.4) is 0 Å². The number of alkyl halides is 3. The molecule has 0 radical (unpaired) electrons. The topological polar surface area (TPSA) is 18.5 Å². The molecule has 0 amide bonds. The van der Waals surface area contributed by atoms with Gasteiger partial charge in [-0.3, -0.25) is 0 Å². The third kappa shape index (κ3) is 4.31. The summed E-state index contributed by atoms with van der Waals surface area (Å²) in [6.45, 7) is 0.172. The van der Waals surface area contributed by atoms with E-state index in [0.29, 0.717) is 5.75 Å².